The number of nitrogens with one attached hydrogen (secondary N) is 1. The molecule has 0 amide bonds. The molecule has 2 unspecified atom stereocenters. The van der Waals surface area contributed by atoms with Gasteiger partial charge >= 0.3 is 0 Å². The molecule has 0 aromatic heterocycles. The predicted octanol–water partition coefficient (Wildman–Crippen LogP) is 1.93. The summed E-state index contributed by atoms with van der Waals surface area (Å²) in [5, 5.41) is 4.05. The smallest absolute Gasteiger partial charge is 0.137 e. The predicted molar refractivity (Wildman–Crippen MR) is 62.2 cm³/mol. The standard InChI is InChI=1S/C12H14ClNO2/c1-15-10-3-2-7-8-4-14-5-11(8)16-6-9(7)12(10)13/h2-3,8,11,14H,4-6H2,1H3. The van der Waals surface area contributed by atoms with Gasteiger partial charge in [-0.15, -0.1) is 0 Å². The molecular weight excluding hydrogens is 226 g/mol. The average molecular weight is 240 g/mol. The highest BCUT2D eigenvalue weighted by Gasteiger charge is 2.35. The van der Waals surface area contributed by atoms with Crippen molar-refractivity contribution in [2.45, 2.75) is 18.6 Å². The van der Waals surface area contributed by atoms with Crippen molar-refractivity contribution in [1.29, 1.82) is 0 Å². The molecule has 1 saturated heterocycles. The Morgan fingerprint density at radius 3 is 3.12 bits per heavy atom. The second kappa shape index (κ2) is 3.91. The van der Waals surface area contributed by atoms with E-state index in [1.165, 1.54) is 5.56 Å². The average Bonchev–Trinajstić information content (AvgIpc) is 2.77. The monoisotopic (exact) mass is 239 g/mol. The number of hydrogen-bond acceptors (Lipinski definition) is 3. The lowest BCUT2D eigenvalue weighted by molar-refractivity contribution is 0.0298. The summed E-state index contributed by atoms with van der Waals surface area (Å²) in [4.78, 5) is 0. The van der Waals surface area contributed by atoms with E-state index in [0.717, 1.165) is 24.4 Å². The van der Waals surface area contributed by atoms with Crippen LogP contribution in [0.5, 0.6) is 5.75 Å². The van der Waals surface area contributed by atoms with E-state index in [9.17, 15) is 0 Å². The maximum Gasteiger partial charge on any atom is 0.137 e. The Balaban J connectivity index is 2.08. The Labute approximate surface area is 99.7 Å². The molecule has 0 spiro atoms. The summed E-state index contributed by atoms with van der Waals surface area (Å²) >= 11 is 6.29. The van der Waals surface area contributed by atoms with Gasteiger partial charge in [0.05, 0.1) is 24.8 Å². The van der Waals surface area contributed by atoms with E-state index >= 15 is 0 Å². The molecule has 2 atom stereocenters. The zero-order chi connectivity index (χ0) is 11.1. The number of halogens is 1. The van der Waals surface area contributed by atoms with Crippen molar-refractivity contribution in [3.05, 3.63) is 28.3 Å². The van der Waals surface area contributed by atoms with Crippen LogP contribution in [0.25, 0.3) is 0 Å². The van der Waals surface area contributed by atoms with Crippen molar-refractivity contribution in [3.63, 3.8) is 0 Å². The van der Waals surface area contributed by atoms with Crippen molar-refractivity contribution < 1.29 is 9.47 Å². The van der Waals surface area contributed by atoms with E-state index in [1.807, 2.05) is 6.07 Å². The second-order valence-corrected chi connectivity index (χ2v) is 4.64. The molecule has 3 nitrogen and oxygen atoms in total. The van der Waals surface area contributed by atoms with Crippen LogP contribution in [0.1, 0.15) is 17.0 Å². The van der Waals surface area contributed by atoms with Crippen LogP contribution in [0.2, 0.25) is 5.02 Å². The molecule has 0 saturated carbocycles. The van der Waals surface area contributed by atoms with Crippen LogP contribution < -0.4 is 10.1 Å². The summed E-state index contributed by atoms with van der Waals surface area (Å²) < 4.78 is 11.0. The van der Waals surface area contributed by atoms with E-state index in [4.69, 9.17) is 21.1 Å². The Morgan fingerprint density at radius 1 is 1.44 bits per heavy atom. The van der Waals surface area contributed by atoms with E-state index in [1.54, 1.807) is 7.11 Å². The topological polar surface area (TPSA) is 30.5 Å². The largest absolute Gasteiger partial charge is 0.495 e. The molecule has 2 aliphatic rings. The number of methoxy groups -OCH3 is 1. The number of benzene rings is 1. The van der Waals surface area contributed by atoms with Gasteiger partial charge in [0.1, 0.15) is 5.75 Å². The number of rotatable bonds is 1. The van der Waals surface area contributed by atoms with Gasteiger partial charge in [0, 0.05) is 24.6 Å². The van der Waals surface area contributed by atoms with E-state index in [2.05, 4.69) is 11.4 Å². The van der Waals surface area contributed by atoms with Crippen LogP contribution in [-0.2, 0) is 11.3 Å². The summed E-state index contributed by atoms with van der Waals surface area (Å²) in [7, 11) is 1.64. The quantitative estimate of drug-likeness (QED) is 0.813. The van der Waals surface area contributed by atoms with Gasteiger partial charge in [0.2, 0.25) is 0 Å². The minimum atomic E-state index is 0.303. The Morgan fingerprint density at radius 2 is 2.31 bits per heavy atom. The molecule has 3 rings (SSSR count). The molecular formula is C12H14ClNO2. The van der Waals surface area contributed by atoms with Crippen molar-refractivity contribution in [3.8, 4) is 5.75 Å². The van der Waals surface area contributed by atoms with Crippen molar-refractivity contribution >= 4 is 11.6 Å². The third-order valence-electron chi connectivity index (χ3n) is 3.46. The summed E-state index contributed by atoms with van der Waals surface area (Å²) in [5.41, 5.74) is 2.40. The number of fused-ring (bicyclic) bond motifs is 3. The molecule has 1 aromatic rings. The molecule has 2 aliphatic heterocycles. The molecule has 0 radical (unpaired) electrons. The Bertz CT molecular complexity index is 422. The second-order valence-electron chi connectivity index (χ2n) is 4.26. The number of ether oxygens (including phenoxy) is 2. The zero-order valence-corrected chi connectivity index (χ0v) is 9.88. The molecule has 1 N–H and O–H groups in total. The Hall–Kier alpha value is -0.770. The normalized spacial score (nSPS) is 27.4. The van der Waals surface area contributed by atoms with Crippen molar-refractivity contribution in [2.75, 3.05) is 20.2 Å². The third kappa shape index (κ3) is 1.43. The molecule has 1 aromatic carbocycles. The van der Waals surface area contributed by atoms with Gasteiger partial charge in [-0.3, -0.25) is 0 Å². The number of hydrogen-bond donors (Lipinski definition) is 1. The molecule has 0 aliphatic carbocycles. The summed E-state index contributed by atoms with van der Waals surface area (Å²) in [6.45, 7) is 2.50. The van der Waals surface area contributed by atoms with Crippen LogP contribution in [-0.4, -0.2) is 26.3 Å². The summed E-state index contributed by atoms with van der Waals surface area (Å²) in [6, 6.07) is 4.06. The molecule has 16 heavy (non-hydrogen) atoms. The summed E-state index contributed by atoms with van der Waals surface area (Å²) in [6.07, 6.45) is 0.303. The fourth-order valence-corrected chi connectivity index (χ4v) is 2.90. The highest BCUT2D eigenvalue weighted by molar-refractivity contribution is 6.33. The van der Waals surface area contributed by atoms with Gasteiger partial charge in [0.15, 0.2) is 0 Å². The molecule has 4 heteroatoms. The SMILES string of the molecule is COc1ccc2c(c1Cl)COC1CNCC21. The fourth-order valence-electron chi connectivity index (χ4n) is 2.60. The first kappa shape index (κ1) is 10.4. The minimum absolute atomic E-state index is 0.303. The van der Waals surface area contributed by atoms with E-state index in [0.29, 0.717) is 23.7 Å². The highest BCUT2D eigenvalue weighted by Crippen LogP contribution is 2.40. The van der Waals surface area contributed by atoms with Gasteiger partial charge in [-0.25, -0.2) is 0 Å². The van der Waals surface area contributed by atoms with Crippen molar-refractivity contribution in [2.24, 2.45) is 0 Å². The first-order chi connectivity index (χ1) is 7.81. The first-order valence-electron chi connectivity index (χ1n) is 5.49. The van der Waals surface area contributed by atoms with Gasteiger partial charge in [-0.1, -0.05) is 17.7 Å². The molecule has 2 heterocycles. The maximum atomic E-state index is 6.29. The summed E-state index contributed by atoms with van der Waals surface area (Å²) in [5.74, 6) is 1.17. The Kier molecular flexibility index (Phi) is 2.54. The third-order valence-corrected chi connectivity index (χ3v) is 3.88. The molecule has 86 valence electrons. The van der Waals surface area contributed by atoms with Crippen LogP contribution in [0.15, 0.2) is 12.1 Å². The lowest BCUT2D eigenvalue weighted by Gasteiger charge is -2.29. The lowest BCUT2D eigenvalue weighted by atomic mass is 9.89. The van der Waals surface area contributed by atoms with Crippen LogP contribution in [0.3, 0.4) is 0 Å². The van der Waals surface area contributed by atoms with Gasteiger partial charge in [-0.2, -0.15) is 0 Å². The minimum Gasteiger partial charge on any atom is -0.495 e. The van der Waals surface area contributed by atoms with Gasteiger partial charge in [-0.05, 0) is 11.6 Å². The van der Waals surface area contributed by atoms with Gasteiger partial charge in [0.25, 0.3) is 0 Å². The van der Waals surface area contributed by atoms with Crippen LogP contribution in [0, 0.1) is 0 Å². The van der Waals surface area contributed by atoms with E-state index < -0.39 is 0 Å². The molecule has 0 bridgehead atoms. The zero-order valence-electron chi connectivity index (χ0n) is 9.13. The molecule has 1 fully saturated rings. The van der Waals surface area contributed by atoms with Crippen LogP contribution in [0.4, 0.5) is 0 Å². The first-order valence-corrected chi connectivity index (χ1v) is 5.86. The van der Waals surface area contributed by atoms with Gasteiger partial charge < -0.3 is 14.8 Å². The highest BCUT2D eigenvalue weighted by atomic mass is 35.5. The van der Waals surface area contributed by atoms with Crippen molar-refractivity contribution in [1.82, 2.24) is 5.32 Å². The maximum absolute atomic E-state index is 6.29. The lowest BCUT2D eigenvalue weighted by Crippen LogP contribution is -2.27. The van der Waals surface area contributed by atoms with E-state index in [-0.39, 0.29) is 0 Å². The fraction of sp³-hybridized carbons (Fsp3) is 0.500. The van der Waals surface area contributed by atoms with Crippen LogP contribution >= 0.6 is 11.6 Å².